The standard InChI is InChI=1S/C20H20N2O5/c1-26-16-9-5-3-7-14(16)12-21-18(23)11-19(24)22(20(21)25)13-15-8-4-6-10-17(15)27-2/h3-11,23H,12-13H2,1-2H3. The Morgan fingerprint density at radius 2 is 1.30 bits per heavy atom. The molecular weight excluding hydrogens is 348 g/mol. The average Bonchev–Trinajstić information content (AvgIpc) is 2.69. The number of ether oxygens (including phenoxy) is 2. The van der Waals surface area contributed by atoms with Crippen molar-refractivity contribution >= 4 is 0 Å². The average molecular weight is 368 g/mol. The van der Waals surface area contributed by atoms with Crippen LogP contribution in [0.25, 0.3) is 0 Å². The molecule has 0 unspecified atom stereocenters. The summed E-state index contributed by atoms with van der Waals surface area (Å²) in [6, 6.07) is 15.4. The van der Waals surface area contributed by atoms with Crippen LogP contribution in [-0.4, -0.2) is 28.5 Å². The molecule has 27 heavy (non-hydrogen) atoms. The molecule has 3 rings (SSSR count). The molecule has 1 heterocycles. The van der Waals surface area contributed by atoms with E-state index >= 15 is 0 Å². The Morgan fingerprint density at radius 1 is 0.815 bits per heavy atom. The predicted molar refractivity (Wildman–Crippen MR) is 101 cm³/mol. The Hall–Kier alpha value is -3.48. The molecule has 7 nitrogen and oxygen atoms in total. The van der Waals surface area contributed by atoms with Crippen LogP contribution in [0.5, 0.6) is 17.4 Å². The van der Waals surface area contributed by atoms with Crippen LogP contribution in [0.2, 0.25) is 0 Å². The van der Waals surface area contributed by atoms with E-state index in [0.29, 0.717) is 22.6 Å². The lowest BCUT2D eigenvalue weighted by molar-refractivity contribution is 0.386. The van der Waals surface area contributed by atoms with Gasteiger partial charge < -0.3 is 14.6 Å². The molecule has 7 heteroatoms. The lowest BCUT2D eigenvalue weighted by atomic mass is 10.2. The molecule has 0 aliphatic rings. The van der Waals surface area contributed by atoms with Crippen LogP contribution in [0.15, 0.2) is 64.2 Å². The van der Waals surface area contributed by atoms with E-state index in [4.69, 9.17) is 9.47 Å². The molecule has 0 atom stereocenters. The van der Waals surface area contributed by atoms with Crippen LogP contribution >= 0.6 is 0 Å². The second-order valence-corrected chi connectivity index (χ2v) is 5.92. The summed E-state index contributed by atoms with van der Waals surface area (Å²) in [5.74, 6) is 0.770. The lowest BCUT2D eigenvalue weighted by Crippen LogP contribution is -2.39. The number of hydrogen-bond acceptors (Lipinski definition) is 5. The first-order valence-electron chi connectivity index (χ1n) is 8.32. The van der Waals surface area contributed by atoms with Crippen molar-refractivity contribution in [3.05, 3.63) is 86.6 Å². The number of rotatable bonds is 6. The number of hydrogen-bond donors (Lipinski definition) is 1. The zero-order chi connectivity index (χ0) is 19.4. The third-order valence-corrected chi connectivity index (χ3v) is 4.30. The van der Waals surface area contributed by atoms with Gasteiger partial charge in [-0.2, -0.15) is 0 Å². The number of para-hydroxylation sites is 2. The molecule has 0 saturated carbocycles. The zero-order valence-electron chi connectivity index (χ0n) is 15.1. The number of aromatic nitrogens is 2. The monoisotopic (exact) mass is 368 g/mol. The number of nitrogens with zero attached hydrogens (tertiary/aromatic N) is 2. The van der Waals surface area contributed by atoms with E-state index in [9.17, 15) is 14.7 Å². The van der Waals surface area contributed by atoms with Gasteiger partial charge in [-0.3, -0.25) is 13.9 Å². The molecule has 0 saturated heterocycles. The van der Waals surface area contributed by atoms with Gasteiger partial charge in [0.2, 0.25) is 5.88 Å². The van der Waals surface area contributed by atoms with Gasteiger partial charge in [-0.25, -0.2) is 4.79 Å². The summed E-state index contributed by atoms with van der Waals surface area (Å²) in [6.07, 6.45) is 0. The molecule has 0 aliphatic carbocycles. The van der Waals surface area contributed by atoms with Crippen molar-refractivity contribution in [2.45, 2.75) is 13.1 Å². The van der Waals surface area contributed by atoms with Crippen LogP contribution in [0.4, 0.5) is 0 Å². The van der Waals surface area contributed by atoms with Gasteiger partial charge >= 0.3 is 5.69 Å². The third-order valence-electron chi connectivity index (χ3n) is 4.30. The summed E-state index contributed by atoms with van der Waals surface area (Å²) in [7, 11) is 3.06. The van der Waals surface area contributed by atoms with Gasteiger partial charge in [-0.05, 0) is 12.1 Å². The van der Waals surface area contributed by atoms with Crippen molar-refractivity contribution in [1.29, 1.82) is 0 Å². The van der Waals surface area contributed by atoms with Crippen molar-refractivity contribution in [1.82, 2.24) is 9.13 Å². The molecule has 3 aromatic rings. The molecule has 0 radical (unpaired) electrons. The summed E-state index contributed by atoms with van der Waals surface area (Å²) in [5.41, 5.74) is 0.199. The molecule has 0 spiro atoms. The highest BCUT2D eigenvalue weighted by Crippen LogP contribution is 2.20. The molecule has 0 amide bonds. The fourth-order valence-corrected chi connectivity index (χ4v) is 2.91. The van der Waals surface area contributed by atoms with Gasteiger partial charge in [0.1, 0.15) is 11.5 Å². The maximum Gasteiger partial charge on any atom is 0.334 e. The maximum absolute atomic E-state index is 12.9. The highest BCUT2D eigenvalue weighted by Gasteiger charge is 2.14. The molecule has 2 aromatic carbocycles. The summed E-state index contributed by atoms with van der Waals surface area (Å²) in [4.78, 5) is 25.2. The topological polar surface area (TPSA) is 82.7 Å². The van der Waals surface area contributed by atoms with Crippen LogP contribution in [0.1, 0.15) is 11.1 Å². The van der Waals surface area contributed by atoms with Crippen molar-refractivity contribution in [3.63, 3.8) is 0 Å². The van der Waals surface area contributed by atoms with Crippen molar-refractivity contribution in [2.24, 2.45) is 0 Å². The van der Waals surface area contributed by atoms with E-state index in [1.54, 1.807) is 30.3 Å². The van der Waals surface area contributed by atoms with E-state index in [1.165, 1.54) is 14.2 Å². The third kappa shape index (κ3) is 3.72. The molecule has 140 valence electrons. The molecule has 0 bridgehead atoms. The van der Waals surface area contributed by atoms with Gasteiger partial charge in [0.25, 0.3) is 5.56 Å². The molecule has 1 N–H and O–H groups in total. The Kier molecular flexibility index (Phi) is 5.30. The van der Waals surface area contributed by atoms with Gasteiger partial charge in [0, 0.05) is 11.1 Å². The molecular formula is C20H20N2O5. The molecule has 1 aromatic heterocycles. The molecule has 0 aliphatic heterocycles. The first-order valence-corrected chi connectivity index (χ1v) is 8.32. The Bertz CT molecular complexity index is 1070. The van der Waals surface area contributed by atoms with Crippen LogP contribution in [0.3, 0.4) is 0 Å². The van der Waals surface area contributed by atoms with Crippen molar-refractivity contribution in [2.75, 3.05) is 14.2 Å². The van der Waals surface area contributed by atoms with Crippen molar-refractivity contribution < 1.29 is 14.6 Å². The smallest absolute Gasteiger partial charge is 0.334 e. The van der Waals surface area contributed by atoms with Gasteiger partial charge in [0.15, 0.2) is 0 Å². The fourth-order valence-electron chi connectivity index (χ4n) is 2.91. The van der Waals surface area contributed by atoms with E-state index in [-0.39, 0.29) is 13.1 Å². The van der Waals surface area contributed by atoms with E-state index in [0.717, 1.165) is 15.2 Å². The highest BCUT2D eigenvalue weighted by atomic mass is 16.5. The lowest BCUT2D eigenvalue weighted by Gasteiger charge is -2.15. The van der Waals surface area contributed by atoms with E-state index in [1.807, 2.05) is 18.2 Å². The minimum absolute atomic E-state index is 0.0356. The highest BCUT2D eigenvalue weighted by molar-refractivity contribution is 5.35. The van der Waals surface area contributed by atoms with Gasteiger partial charge in [-0.15, -0.1) is 0 Å². The SMILES string of the molecule is COc1ccccc1Cn1c(O)cc(=O)n(Cc2ccccc2OC)c1=O. The second kappa shape index (κ2) is 7.82. The number of aromatic hydroxyl groups is 1. The zero-order valence-corrected chi connectivity index (χ0v) is 15.1. The summed E-state index contributed by atoms with van der Waals surface area (Å²) >= 11 is 0. The fraction of sp³-hybridized carbons (Fsp3) is 0.200. The Balaban J connectivity index is 2.06. The van der Waals surface area contributed by atoms with Crippen molar-refractivity contribution in [3.8, 4) is 17.4 Å². The van der Waals surface area contributed by atoms with Crippen LogP contribution in [0, 0.1) is 0 Å². The minimum Gasteiger partial charge on any atom is -0.496 e. The number of benzene rings is 2. The van der Waals surface area contributed by atoms with E-state index in [2.05, 4.69) is 0 Å². The van der Waals surface area contributed by atoms with Gasteiger partial charge in [-0.1, -0.05) is 36.4 Å². The Morgan fingerprint density at radius 3 is 1.81 bits per heavy atom. The quantitative estimate of drug-likeness (QED) is 0.718. The first kappa shape index (κ1) is 18.3. The second-order valence-electron chi connectivity index (χ2n) is 5.92. The van der Waals surface area contributed by atoms with E-state index < -0.39 is 17.1 Å². The Labute approximate surface area is 155 Å². The summed E-state index contributed by atoms with van der Waals surface area (Å²) < 4.78 is 12.8. The number of methoxy groups -OCH3 is 2. The summed E-state index contributed by atoms with van der Waals surface area (Å²) in [5, 5.41) is 10.2. The normalized spacial score (nSPS) is 10.6. The summed E-state index contributed by atoms with van der Waals surface area (Å²) in [6.45, 7) is 0.106. The largest absolute Gasteiger partial charge is 0.496 e. The minimum atomic E-state index is -0.614. The van der Waals surface area contributed by atoms with Gasteiger partial charge in [0.05, 0.1) is 33.4 Å². The maximum atomic E-state index is 12.9. The molecule has 0 fully saturated rings. The predicted octanol–water partition coefficient (Wildman–Crippen LogP) is 1.83. The first-order chi connectivity index (χ1) is 13.0. The van der Waals surface area contributed by atoms with Crippen LogP contribution in [-0.2, 0) is 13.1 Å². The van der Waals surface area contributed by atoms with Crippen LogP contribution < -0.4 is 20.7 Å².